The smallest absolute Gasteiger partial charge is 0.322 e. The number of hydrogen-bond acceptors (Lipinski definition) is 5. The molecule has 8 nitrogen and oxygen atoms in total. The number of rotatable bonds is 8. The van der Waals surface area contributed by atoms with Crippen molar-refractivity contribution in [3.05, 3.63) is 0 Å². The second-order valence-electron chi connectivity index (χ2n) is 3.38. The molecule has 2 N–H and O–H groups in total. The van der Waals surface area contributed by atoms with Crippen molar-refractivity contribution in [2.24, 2.45) is 0 Å². The fourth-order valence-electron chi connectivity index (χ4n) is 1.25. The molecule has 1 atom stereocenters. The van der Waals surface area contributed by atoms with Gasteiger partial charge in [-0.05, 0) is 0 Å². The number of nitrogens with one attached hydrogen (secondary N) is 1. The van der Waals surface area contributed by atoms with Gasteiger partial charge in [0.2, 0.25) is 0 Å². The van der Waals surface area contributed by atoms with E-state index in [1.54, 1.807) is 13.8 Å². The van der Waals surface area contributed by atoms with Gasteiger partial charge in [-0.2, -0.15) is 17.4 Å². The fourth-order valence-corrected chi connectivity index (χ4v) is 2.62. The van der Waals surface area contributed by atoms with E-state index in [1.165, 1.54) is 0 Å². The molecule has 0 aliphatic rings. The Bertz CT molecular complexity index is 390. The Hall–Kier alpha value is -1.19. The van der Waals surface area contributed by atoms with Crippen LogP contribution < -0.4 is 4.72 Å². The molecule has 0 aromatic heterocycles. The number of carbonyl (C=O) groups excluding carboxylic acids is 1. The Labute approximate surface area is 106 Å². The average molecular weight is 282 g/mol. The Morgan fingerprint density at radius 3 is 2.17 bits per heavy atom. The zero-order valence-electron chi connectivity index (χ0n) is 10.5. The lowest BCUT2D eigenvalue weighted by molar-refractivity contribution is -0.147. The van der Waals surface area contributed by atoms with Gasteiger partial charge in [-0.1, -0.05) is 13.8 Å². The first-order valence-corrected chi connectivity index (χ1v) is 6.79. The molecule has 0 fully saturated rings. The third-order valence-corrected chi connectivity index (χ3v) is 4.01. The standard InChI is InChI=1S/C9H18N2O6S/c1-4-11(5-2)18(15,16)10-7(9(13)14)6-8(12)17-3/h7,10H,4-6H2,1-3H3,(H,13,14)/t7-/m0/s1. The maximum atomic E-state index is 11.8. The van der Waals surface area contributed by atoms with Gasteiger partial charge in [0.25, 0.3) is 10.2 Å². The maximum Gasteiger partial charge on any atom is 0.322 e. The van der Waals surface area contributed by atoms with Crippen molar-refractivity contribution in [1.29, 1.82) is 0 Å². The average Bonchev–Trinajstić information content (AvgIpc) is 2.28. The van der Waals surface area contributed by atoms with E-state index < -0.39 is 34.6 Å². The molecule has 0 radical (unpaired) electrons. The predicted molar refractivity (Wildman–Crippen MR) is 63.0 cm³/mol. The van der Waals surface area contributed by atoms with Crippen LogP contribution in [0.4, 0.5) is 0 Å². The van der Waals surface area contributed by atoms with Gasteiger partial charge >= 0.3 is 11.9 Å². The molecule has 0 aromatic rings. The van der Waals surface area contributed by atoms with Crippen LogP contribution in [0.2, 0.25) is 0 Å². The van der Waals surface area contributed by atoms with Gasteiger partial charge in [-0.25, -0.2) is 0 Å². The van der Waals surface area contributed by atoms with Crippen molar-refractivity contribution < 1.29 is 27.9 Å². The Morgan fingerprint density at radius 2 is 1.83 bits per heavy atom. The zero-order valence-corrected chi connectivity index (χ0v) is 11.4. The Kier molecular flexibility index (Phi) is 6.81. The quantitative estimate of drug-likeness (QED) is 0.562. The van der Waals surface area contributed by atoms with Crippen molar-refractivity contribution >= 4 is 22.1 Å². The summed E-state index contributed by atoms with van der Waals surface area (Å²) in [4.78, 5) is 21.9. The molecular formula is C9H18N2O6S. The van der Waals surface area contributed by atoms with E-state index in [2.05, 4.69) is 4.74 Å². The van der Waals surface area contributed by atoms with Crippen molar-refractivity contribution in [2.45, 2.75) is 26.3 Å². The van der Waals surface area contributed by atoms with Crippen molar-refractivity contribution in [3.63, 3.8) is 0 Å². The van der Waals surface area contributed by atoms with E-state index in [4.69, 9.17) is 5.11 Å². The first kappa shape index (κ1) is 16.8. The fraction of sp³-hybridized carbons (Fsp3) is 0.778. The number of hydrogen-bond donors (Lipinski definition) is 2. The van der Waals surface area contributed by atoms with Gasteiger partial charge in [0.05, 0.1) is 13.5 Å². The van der Waals surface area contributed by atoms with Gasteiger partial charge in [0.1, 0.15) is 6.04 Å². The van der Waals surface area contributed by atoms with E-state index >= 15 is 0 Å². The maximum absolute atomic E-state index is 11.8. The highest BCUT2D eigenvalue weighted by atomic mass is 32.2. The minimum absolute atomic E-state index is 0.205. The molecular weight excluding hydrogens is 264 g/mol. The topological polar surface area (TPSA) is 113 Å². The molecule has 9 heteroatoms. The summed E-state index contributed by atoms with van der Waals surface area (Å²) in [5.74, 6) is -2.24. The number of carboxylic acids is 1. The van der Waals surface area contributed by atoms with Gasteiger partial charge in [-0.3, -0.25) is 9.59 Å². The van der Waals surface area contributed by atoms with Crippen molar-refractivity contribution in [1.82, 2.24) is 9.03 Å². The number of nitrogens with zero attached hydrogens (tertiary/aromatic N) is 1. The molecule has 0 amide bonds. The summed E-state index contributed by atoms with van der Waals surface area (Å²) in [6.07, 6.45) is -0.563. The zero-order chi connectivity index (χ0) is 14.3. The molecule has 0 saturated heterocycles. The largest absolute Gasteiger partial charge is 0.480 e. The Balaban J connectivity index is 4.88. The molecule has 0 rings (SSSR count). The molecule has 0 aromatic carbocycles. The van der Waals surface area contributed by atoms with Gasteiger partial charge in [-0.15, -0.1) is 0 Å². The van der Waals surface area contributed by atoms with Gasteiger partial charge in [0, 0.05) is 13.1 Å². The molecule has 0 spiro atoms. The molecule has 0 bridgehead atoms. The number of carbonyl (C=O) groups is 2. The van der Waals surface area contributed by atoms with E-state index in [-0.39, 0.29) is 13.1 Å². The molecule has 0 saturated carbocycles. The highest BCUT2D eigenvalue weighted by Crippen LogP contribution is 2.02. The molecule has 106 valence electrons. The summed E-state index contributed by atoms with van der Waals surface area (Å²) >= 11 is 0. The first-order valence-electron chi connectivity index (χ1n) is 5.35. The second-order valence-corrected chi connectivity index (χ2v) is 5.08. The van der Waals surface area contributed by atoms with Crippen LogP contribution in [-0.4, -0.2) is 56.0 Å². The minimum atomic E-state index is -3.93. The minimum Gasteiger partial charge on any atom is -0.480 e. The summed E-state index contributed by atoms with van der Waals surface area (Å²) in [5.41, 5.74) is 0. The SMILES string of the molecule is CCN(CC)S(=O)(=O)N[C@@H](CC(=O)OC)C(=O)O. The number of esters is 1. The highest BCUT2D eigenvalue weighted by Gasteiger charge is 2.29. The molecule has 0 aliphatic heterocycles. The lowest BCUT2D eigenvalue weighted by Gasteiger charge is -2.21. The summed E-state index contributed by atoms with van der Waals surface area (Å²) in [6, 6.07) is -1.54. The lowest BCUT2D eigenvalue weighted by Crippen LogP contribution is -2.49. The number of methoxy groups -OCH3 is 1. The van der Waals surface area contributed by atoms with E-state index in [1.807, 2.05) is 4.72 Å². The van der Waals surface area contributed by atoms with E-state index in [0.29, 0.717) is 0 Å². The summed E-state index contributed by atoms with van der Waals surface area (Å²) in [7, 11) is -2.83. The van der Waals surface area contributed by atoms with Crippen LogP contribution in [0.25, 0.3) is 0 Å². The normalized spacial score (nSPS) is 13.3. The third kappa shape index (κ3) is 4.98. The van der Waals surface area contributed by atoms with E-state index in [9.17, 15) is 18.0 Å². The lowest BCUT2D eigenvalue weighted by atomic mass is 10.2. The van der Waals surface area contributed by atoms with Crippen LogP contribution in [0.5, 0.6) is 0 Å². The molecule has 0 heterocycles. The number of carboxylic acid groups (broad SMARTS) is 1. The predicted octanol–water partition coefficient (Wildman–Crippen LogP) is -0.821. The van der Waals surface area contributed by atoms with Gasteiger partial charge in [0.15, 0.2) is 0 Å². The van der Waals surface area contributed by atoms with Crippen molar-refractivity contribution in [3.8, 4) is 0 Å². The summed E-state index contributed by atoms with van der Waals surface area (Å²) < 4.78 is 30.9. The van der Waals surface area contributed by atoms with Crippen LogP contribution in [-0.2, 0) is 24.5 Å². The molecule has 18 heavy (non-hydrogen) atoms. The van der Waals surface area contributed by atoms with Crippen LogP contribution in [0, 0.1) is 0 Å². The Morgan fingerprint density at radius 1 is 1.33 bits per heavy atom. The van der Waals surface area contributed by atoms with Crippen molar-refractivity contribution in [2.75, 3.05) is 20.2 Å². The number of ether oxygens (including phenoxy) is 1. The van der Waals surface area contributed by atoms with Gasteiger partial charge < -0.3 is 9.84 Å². The highest BCUT2D eigenvalue weighted by molar-refractivity contribution is 7.87. The van der Waals surface area contributed by atoms with Crippen LogP contribution >= 0.6 is 0 Å². The van der Waals surface area contributed by atoms with E-state index in [0.717, 1.165) is 11.4 Å². The van der Waals surface area contributed by atoms with Crippen LogP contribution in [0.15, 0.2) is 0 Å². The first-order chi connectivity index (χ1) is 8.28. The number of aliphatic carboxylic acids is 1. The molecule has 0 unspecified atom stereocenters. The summed E-state index contributed by atoms with van der Waals surface area (Å²) in [5, 5.41) is 8.85. The van der Waals surface area contributed by atoms with Crippen LogP contribution in [0.3, 0.4) is 0 Å². The third-order valence-electron chi connectivity index (χ3n) is 2.23. The molecule has 0 aliphatic carbocycles. The second kappa shape index (κ2) is 7.29. The van der Waals surface area contributed by atoms with Crippen LogP contribution in [0.1, 0.15) is 20.3 Å². The monoisotopic (exact) mass is 282 g/mol. The summed E-state index contributed by atoms with van der Waals surface area (Å²) in [6.45, 7) is 3.66.